The largest absolute Gasteiger partial charge is 0.469 e. The summed E-state index contributed by atoms with van der Waals surface area (Å²) in [6.07, 6.45) is 3.84. The zero-order chi connectivity index (χ0) is 21.2. The number of benzene rings is 1. The molecule has 150 valence electrons. The molecule has 1 aromatic carbocycles. The third kappa shape index (κ3) is 3.78. The SMILES string of the molecule is CC1(C)C=C(NCCC2=C(C#N)C(c3cccc([NH+]=O)c3N)/C(=C/N)C(N)=[NH+]2)O1. The highest BCUT2D eigenvalue weighted by Crippen LogP contribution is 2.38. The average molecular weight is 395 g/mol. The van der Waals surface area contributed by atoms with E-state index in [2.05, 4.69) is 16.4 Å². The molecule has 29 heavy (non-hydrogen) atoms. The van der Waals surface area contributed by atoms with Crippen LogP contribution in [0.25, 0.3) is 0 Å². The fourth-order valence-corrected chi connectivity index (χ4v) is 3.55. The molecule has 9 N–H and O–H groups in total. The van der Waals surface area contributed by atoms with Crippen LogP contribution in [0.2, 0.25) is 0 Å². The van der Waals surface area contributed by atoms with Gasteiger partial charge in [0.15, 0.2) is 5.88 Å². The van der Waals surface area contributed by atoms with Crippen LogP contribution in [0.4, 0.5) is 11.4 Å². The molecule has 0 saturated heterocycles. The van der Waals surface area contributed by atoms with Crippen LogP contribution in [0.5, 0.6) is 0 Å². The molecule has 1 atom stereocenters. The number of nitrogen functional groups attached to an aromatic ring is 1. The topological polar surface area (TPSA) is 168 Å². The van der Waals surface area contributed by atoms with Gasteiger partial charge in [0.1, 0.15) is 17.0 Å². The van der Waals surface area contributed by atoms with Gasteiger partial charge in [-0.05, 0) is 19.4 Å². The van der Waals surface area contributed by atoms with Crippen LogP contribution in [0.3, 0.4) is 0 Å². The molecule has 1 unspecified atom stereocenters. The predicted molar refractivity (Wildman–Crippen MR) is 109 cm³/mol. The van der Waals surface area contributed by atoms with Crippen molar-refractivity contribution in [1.82, 2.24) is 5.32 Å². The zero-order valence-electron chi connectivity index (χ0n) is 16.4. The first-order valence-corrected chi connectivity index (χ1v) is 9.18. The van der Waals surface area contributed by atoms with Gasteiger partial charge in [0, 0.05) is 41.4 Å². The van der Waals surface area contributed by atoms with Crippen molar-refractivity contribution in [3.63, 3.8) is 0 Å². The summed E-state index contributed by atoms with van der Waals surface area (Å²) in [5.74, 6) is 0.471. The van der Waals surface area contributed by atoms with Crippen LogP contribution in [-0.2, 0) is 4.74 Å². The number of ether oxygens (including phenoxy) is 1. The Balaban J connectivity index is 1.95. The number of nitrogens with two attached hydrogens (primary N) is 3. The van der Waals surface area contributed by atoms with E-state index in [1.165, 1.54) is 6.20 Å². The van der Waals surface area contributed by atoms with E-state index < -0.39 is 5.92 Å². The molecule has 0 spiro atoms. The average Bonchev–Trinajstić information content (AvgIpc) is 2.66. The Kier molecular flexibility index (Phi) is 5.28. The second kappa shape index (κ2) is 7.67. The lowest BCUT2D eigenvalue weighted by Crippen LogP contribution is -2.76. The van der Waals surface area contributed by atoms with Gasteiger partial charge in [0.2, 0.25) is 0 Å². The molecule has 0 aliphatic carbocycles. The van der Waals surface area contributed by atoms with Crippen molar-refractivity contribution < 1.29 is 14.9 Å². The molecule has 9 heteroatoms. The van der Waals surface area contributed by atoms with E-state index in [1.807, 2.05) is 25.1 Å². The number of amidine groups is 1. The van der Waals surface area contributed by atoms with Gasteiger partial charge in [-0.25, -0.2) is 4.99 Å². The lowest BCUT2D eigenvalue weighted by atomic mass is 9.80. The highest BCUT2D eigenvalue weighted by Gasteiger charge is 2.36. The molecule has 2 aliphatic rings. The number of nitriles is 1. The first-order valence-electron chi connectivity index (χ1n) is 9.18. The van der Waals surface area contributed by atoms with E-state index >= 15 is 0 Å². The van der Waals surface area contributed by atoms with Crippen molar-refractivity contribution in [2.24, 2.45) is 11.5 Å². The van der Waals surface area contributed by atoms with Gasteiger partial charge in [-0.1, -0.05) is 12.1 Å². The summed E-state index contributed by atoms with van der Waals surface area (Å²) >= 11 is 0. The normalized spacial score (nSPS) is 21.4. The van der Waals surface area contributed by atoms with E-state index in [4.69, 9.17) is 21.9 Å². The highest BCUT2D eigenvalue weighted by atomic mass is 16.5. The summed E-state index contributed by atoms with van der Waals surface area (Å²) < 4.78 is 5.60. The van der Waals surface area contributed by atoms with Crippen molar-refractivity contribution in [2.75, 3.05) is 12.3 Å². The van der Waals surface area contributed by atoms with Crippen molar-refractivity contribution in [3.05, 3.63) is 63.7 Å². The van der Waals surface area contributed by atoms with Crippen molar-refractivity contribution in [3.8, 4) is 6.07 Å². The number of allylic oxidation sites excluding steroid dienone is 1. The van der Waals surface area contributed by atoms with E-state index in [0.29, 0.717) is 47.1 Å². The fraction of sp³-hybridized carbons (Fsp3) is 0.300. The van der Waals surface area contributed by atoms with Crippen molar-refractivity contribution in [1.29, 1.82) is 5.26 Å². The number of hydrogen-bond donors (Lipinski definition) is 6. The Hall–Kier alpha value is -3.80. The highest BCUT2D eigenvalue weighted by molar-refractivity contribution is 5.96. The van der Waals surface area contributed by atoms with Crippen LogP contribution in [0.1, 0.15) is 31.7 Å². The molecule has 0 amide bonds. The molecule has 0 radical (unpaired) electrons. The summed E-state index contributed by atoms with van der Waals surface area (Å²) in [6.45, 7) is 4.47. The molecule has 0 bridgehead atoms. The van der Waals surface area contributed by atoms with E-state index in [-0.39, 0.29) is 17.0 Å². The Morgan fingerprint density at radius 1 is 1.41 bits per heavy atom. The lowest BCUT2D eigenvalue weighted by molar-refractivity contribution is -0.404. The van der Waals surface area contributed by atoms with Crippen LogP contribution >= 0.6 is 0 Å². The molecule has 0 aromatic heterocycles. The quantitative estimate of drug-likeness (QED) is 0.320. The Bertz CT molecular complexity index is 1010. The minimum absolute atomic E-state index is 0.230. The van der Waals surface area contributed by atoms with Gasteiger partial charge >= 0.3 is 0 Å². The molecule has 3 rings (SSSR count). The summed E-state index contributed by atoms with van der Waals surface area (Å²) in [5.41, 5.74) is 20.6. The fourth-order valence-electron chi connectivity index (χ4n) is 3.55. The van der Waals surface area contributed by atoms with E-state index in [0.717, 1.165) is 0 Å². The molecule has 2 aliphatic heterocycles. The number of rotatable bonds is 6. The smallest absolute Gasteiger partial charge is 0.276 e. The zero-order valence-corrected chi connectivity index (χ0v) is 16.4. The number of para-hydroxylation sites is 1. The van der Waals surface area contributed by atoms with Crippen molar-refractivity contribution >= 4 is 17.2 Å². The Morgan fingerprint density at radius 3 is 2.72 bits per heavy atom. The summed E-state index contributed by atoms with van der Waals surface area (Å²) in [7, 11) is 0. The number of nitrogens with zero attached hydrogens (tertiary/aromatic N) is 1. The first-order chi connectivity index (χ1) is 13.8. The number of nitroso groups, excluding NO2 is 1. The maximum absolute atomic E-state index is 11.2. The van der Waals surface area contributed by atoms with Crippen LogP contribution in [0.15, 0.2) is 53.2 Å². The van der Waals surface area contributed by atoms with Crippen LogP contribution in [-0.4, -0.2) is 18.0 Å². The summed E-state index contributed by atoms with van der Waals surface area (Å²) in [4.78, 5) is 14.3. The van der Waals surface area contributed by atoms with Crippen LogP contribution < -0.4 is 32.7 Å². The predicted octanol–water partition coefficient (Wildman–Crippen LogP) is -1.47. The van der Waals surface area contributed by atoms with Crippen molar-refractivity contribution in [2.45, 2.75) is 31.8 Å². The second-order valence-corrected chi connectivity index (χ2v) is 7.40. The van der Waals surface area contributed by atoms with Gasteiger partial charge < -0.3 is 21.5 Å². The minimum Gasteiger partial charge on any atom is -0.469 e. The second-order valence-electron chi connectivity index (χ2n) is 7.40. The van der Waals surface area contributed by atoms with E-state index in [1.54, 1.807) is 18.2 Å². The number of anilines is 1. The van der Waals surface area contributed by atoms with Gasteiger partial charge in [-0.3, -0.25) is 5.73 Å². The Labute approximate surface area is 168 Å². The maximum atomic E-state index is 11.2. The molecule has 2 heterocycles. The maximum Gasteiger partial charge on any atom is 0.276 e. The third-order valence-corrected chi connectivity index (χ3v) is 4.91. The van der Waals surface area contributed by atoms with E-state index in [9.17, 15) is 10.2 Å². The summed E-state index contributed by atoms with van der Waals surface area (Å²) in [6, 6.07) is 7.27. The minimum atomic E-state index is -0.576. The molecular formula is C20H25N7O2+2. The molecule has 0 fully saturated rings. The monoisotopic (exact) mass is 395 g/mol. The number of hydrogen-bond acceptors (Lipinski definition) is 7. The van der Waals surface area contributed by atoms with Gasteiger partial charge in [0.25, 0.3) is 11.5 Å². The standard InChI is InChI=1S/C20H23N7O2/c1-20(2)8-16(29-20)25-7-6-14-12(9-21)17(13(10-22)19(24)26-14)11-4-3-5-15(27-28)18(11)23/h3-5,8,10,17,25H,6-7,22-23H2,1-2H3,(H2,24,26)/p+2/b13-10-. The first kappa shape index (κ1) is 19.9. The summed E-state index contributed by atoms with van der Waals surface area (Å²) in [5, 5.41) is 14.9. The van der Waals surface area contributed by atoms with Gasteiger partial charge in [0.05, 0.1) is 23.1 Å². The molecule has 1 aromatic rings. The van der Waals surface area contributed by atoms with Crippen LogP contribution in [0, 0.1) is 16.2 Å². The van der Waals surface area contributed by atoms with Gasteiger partial charge in [-0.2, -0.15) is 5.26 Å². The third-order valence-electron chi connectivity index (χ3n) is 4.91. The molecule has 9 nitrogen and oxygen atoms in total. The molecular weight excluding hydrogens is 370 g/mol. The van der Waals surface area contributed by atoms with Gasteiger partial charge in [-0.15, -0.1) is 0 Å². The molecule has 0 saturated carbocycles. The lowest BCUT2D eigenvalue weighted by Gasteiger charge is -2.34. The number of nitrogens with one attached hydrogen (secondary N) is 3. The Morgan fingerprint density at radius 2 is 2.14 bits per heavy atom.